The van der Waals surface area contributed by atoms with E-state index in [4.69, 9.17) is 0 Å². The van der Waals surface area contributed by atoms with Gasteiger partial charge in [-0.2, -0.15) is 0 Å². The second-order valence-electron chi connectivity index (χ2n) is 16.9. The molecular weight excluding hydrogens is 865 g/mol. The Kier molecular flexibility index (Phi) is 14.2. The highest BCUT2D eigenvalue weighted by Gasteiger charge is 2.10. The van der Waals surface area contributed by atoms with Gasteiger partial charge < -0.3 is 0 Å². The Morgan fingerprint density at radius 3 is 0.528 bits per heavy atom. The normalized spacial score (nSPS) is 9.83. The van der Waals surface area contributed by atoms with Crippen LogP contribution < -0.4 is 0 Å². The van der Waals surface area contributed by atoms with Crippen molar-refractivity contribution in [1.29, 1.82) is 0 Å². The van der Waals surface area contributed by atoms with Gasteiger partial charge in [0.05, 0.1) is 0 Å². The van der Waals surface area contributed by atoms with Crippen LogP contribution in [0.5, 0.6) is 0 Å². The van der Waals surface area contributed by atoms with E-state index in [2.05, 4.69) is 162 Å². The minimum Gasteiger partial charge on any atom is -0.0622 e. The van der Waals surface area contributed by atoms with Crippen LogP contribution in [0.2, 0.25) is 0 Å². The first-order chi connectivity index (χ1) is 35.6. The third-order valence-corrected chi connectivity index (χ3v) is 11.6. The summed E-state index contributed by atoms with van der Waals surface area (Å²) in [5.41, 5.74) is 17.8. The molecule has 0 heterocycles. The van der Waals surface area contributed by atoms with Crippen molar-refractivity contribution in [2.75, 3.05) is 0 Å². The summed E-state index contributed by atoms with van der Waals surface area (Å²) in [5, 5.41) is 0. The molecule has 0 atom stereocenters. The Balaban J connectivity index is 0.940. The standard InChI is InChI=1S/C72H42/c1-4-13-55(14-5-1)25-28-58-31-37-61(38-32-58)43-46-64-19-10-22-67(49-64)70-52-71(68-23-11-20-65(50-68)47-44-62-39-33-59(34-40-62)29-26-56-15-6-2-7-16-56)54-72(53-70)69-24-12-21-66(51-69)48-45-63-41-35-60(36-42-63)30-27-57-17-8-3-9-18-57/h1-24,31-42,49-54H. The fraction of sp³-hybridized carbons (Fsp3) is 0. The predicted molar refractivity (Wildman–Crippen MR) is 297 cm³/mol. The van der Waals surface area contributed by atoms with Gasteiger partial charge in [0, 0.05) is 66.8 Å². The Hall–Kier alpha value is -10.4. The van der Waals surface area contributed by atoms with Gasteiger partial charge in [-0.1, -0.05) is 162 Å². The number of rotatable bonds is 3. The smallest absolute Gasteiger partial charge is 0.0255 e. The minimum atomic E-state index is 0.925. The summed E-state index contributed by atoms with van der Waals surface area (Å²) in [4.78, 5) is 0. The van der Waals surface area contributed by atoms with Gasteiger partial charge >= 0.3 is 0 Å². The van der Waals surface area contributed by atoms with Gasteiger partial charge in [-0.15, -0.1) is 0 Å². The molecule has 0 aliphatic carbocycles. The predicted octanol–water partition coefficient (Wildman–Crippen LogP) is 15.1. The summed E-state index contributed by atoms with van der Waals surface area (Å²) < 4.78 is 0. The summed E-state index contributed by atoms with van der Waals surface area (Å²) in [6.45, 7) is 0. The average Bonchev–Trinajstić information content (AvgIpc) is 3.45. The van der Waals surface area contributed by atoms with Crippen LogP contribution in [-0.4, -0.2) is 0 Å². The number of hydrogen-bond acceptors (Lipinski definition) is 0. The molecule has 10 rings (SSSR count). The van der Waals surface area contributed by atoms with Crippen LogP contribution in [0.1, 0.15) is 66.8 Å². The fourth-order valence-corrected chi connectivity index (χ4v) is 7.80. The van der Waals surface area contributed by atoms with E-state index in [1.807, 2.05) is 164 Å². The Morgan fingerprint density at radius 1 is 0.125 bits per heavy atom. The first-order valence-electron chi connectivity index (χ1n) is 23.6. The van der Waals surface area contributed by atoms with Crippen LogP contribution in [0.15, 0.2) is 255 Å². The lowest BCUT2D eigenvalue weighted by atomic mass is 9.92. The quantitative estimate of drug-likeness (QED) is 0.155. The molecule has 10 aromatic carbocycles. The Labute approximate surface area is 423 Å². The van der Waals surface area contributed by atoms with Crippen LogP contribution in [0.4, 0.5) is 0 Å². The molecule has 0 heteroatoms. The first-order valence-corrected chi connectivity index (χ1v) is 23.6. The molecule has 0 saturated heterocycles. The topological polar surface area (TPSA) is 0 Å². The maximum atomic E-state index is 3.41. The zero-order valence-corrected chi connectivity index (χ0v) is 39.2. The second kappa shape index (κ2) is 22.6. The van der Waals surface area contributed by atoms with Crippen LogP contribution in [0.25, 0.3) is 33.4 Å². The van der Waals surface area contributed by atoms with Gasteiger partial charge in [0.2, 0.25) is 0 Å². The molecule has 0 aliphatic rings. The van der Waals surface area contributed by atoms with Crippen molar-refractivity contribution in [3.63, 3.8) is 0 Å². The third-order valence-electron chi connectivity index (χ3n) is 11.6. The Bertz CT molecular complexity index is 3510. The molecule has 72 heavy (non-hydrogen) atoms. The summed E-state index contributed by atoms with van der Waals surface area (Å²) in [6.07, 6.45) is 0. The van der Waals surface area contributed by atoms with E-state index in [1.54, 1.807) is 0 Å². The second-order valence-corrected chi connectivity index (χ2v) is 16.9. The molecule has 0 saturated carbocycles. The Morgan fingerprint density at radius 2 is 0.306 bits per heavy atom. The molecular formula is C72H42. The molecule has 0 spiro atoms. The van der Waals surface area contributed by atoms with Gasteiger partial charge in [0.1, 0.15) is 0 Å². The lowest BCUT2D eigenvalue weighted by molar-refractivity contribution is 1.54. The minimum absolute atomic E-state index is 0.925. The molecule has 330 valence electrons. The molecule has 0 radical (unpaired) electrons. The van der Waals surface area contributed by atoms with Crippen molar-refractivity contribution in [2.24, 2.45) is 0 Å². The molecule has 0 unspecified atom stereocenters. The summed E-state index contributed by atoms with van der Waals surface area (Å²) in [7, 11) is 0. The maximum Gasteiger partial charge on any atom is 0.0255 e. The van der Waals surface area contributed by atoms with Crippen LogP contribution in [-0.2, 0) is 0 Å². The molecule has 0 nitrogen and oxygen atoms in total. The van der Waals surface area contributed by atoms with E-state index in [-0.39, 0.29) is 0 Å². The van der Waals surface area contributed by atoms with E-state index in [0.29, 0.717) is 0 Å². The van der Waals surface area contributed by atoms with Gasteiger partial charge in [-0.3, -0.25) is 0 Å². The monoisotopic (exact) mass is 906 g/mol. The molecule has 0 bridgehead atoms. The lowest BCUT2D eigenvalue weighted by Crippen LogP contribution is -1.88. The van der Waals surface area contributed by atoms with Crippen molar-refractivity contribution in [2.45, 2.75) is 0 Å². The maximum absolute atomic E-state index is 3.41. The van der Waals surface area contributed by atoms with E-state index >= 15 is 0 Å². The molecule has 0 fully saturated rings. The van der Waals surface area contributed by atoms with Crippen LogP contribution in [0.3, 0.4) is 0 Å². The zero-order chi connectivity index (χ0) is 48.6. The fourth-order valence-electron chi connectivity index (χ4n) is 7.80. The van der Waals surface area contributed by atoms with Crippen molar-refractivity contribution in [3.8, 4) is 104 Å². The summed E-state index contributed by atoms with van der Waals surface area (Å²) >= 11 is 0. The summed E-state index contributed by atoms with van der Waals surface area (Å²) in [5.74, 6) is 39.8. The highest BCUT2D eigenvalue weighted by molar-refractivity contribution is 5.82. The number of hydrogen-bond donors (Lipinski definition) is 0. The molecule has 0 amide bonds. The van der Waals surface area contributed by atoms with Gasteiger partial charge in [0.15, 0.2) is 0 Å². The van der Waals surface area contributed by atoms with E-state index in [1.165, 1.54) is 0 Å². The highest BCUT2D eigenvalue weighted by Crippen LogP contribution is 2.34. The van der Waals surface area contributed by atoms with E-state index in [9.17, 15) is 0 Å². The molecule has 0 aliphatic heterocycles. The van der Waals surface area contributed by atoms with Gasteiger partial charge in [0.25, 0.3) is 0 Å². The van der Waals surface area contributed by atoms with Crippen LogP contribution >= 0.6 is 0 Å². The van der Waals surface area contributed by atoms with Crippen molar-refractivity contribution in [3.05, 3.63) is 322 Å². The van der Waals surface area contributed by atoms with Gasteiger partial charge in [-0.05, 0) is 197 Å². The molecule has 0 aromatic heterocycles. The summed E-state index contributed by atoms with van der Waals surface area (Å²) in [6, 6.07) is 86.4. The lowest BCUT2D eigenvalue weighted by Gasteiger charge is -2.12. The van der Waals surface area contributed by atoms with E-state index < -0.39 is 0 Å². The number of benzene rings is 10. The third kappa shape index (κ3) is 12.6. The van der Waals surface area contributed by atoms with Crippen molar-refractivity contribution in [1.82, 2.24) is 0 Å². The zero-order valence-electron chi connectivity index (χ0n) is 39.2. The largest absolute Gasteiger partial charge is 0.0622 e. The average molecular weight is 907 g/mol. The molecule has 0 N–H and O–H groups in total. The van der Waals surface area contributed by atoms with Crippen molar-refractivity contribution < 1.29 is 0 Å². The highest BCUT2D eigenvalue weighted by atomic mass is 14.1. The van der Waals surface area contributed by atoms with E-state index in [0.717, 1.165) is 100 Å². The molecule has 10 aromatic rings. The first kappa shape index (κ1) is 45.3. The SMILES string of the molecule is C(#Cc1ccc(C#Cc2cccc(-c3cc(-c4cccc(C#Cc5ccc(C#Cc6ccccc6)cc5)c4)cc(-c4cccc(C#Cc5ccc(C#Cc6ccccc6)cc5)c4)c3)c2)cc1)c1ccccc1. The van der Waals surface area contributed by atoms with Gasteiger partial charge in [-0.25, -0.2) is 0 Å². The van der Waals surface area contributed by atoms with Crippen molar-refractivity contribution >= 4 is 0 Å². The van der Waals surface area contributed by atoms with Crippen LogP contribution in [0, 0.1) is 71.0 Å².